The van der Waals surface area contributed by atoms with Crippen LogP contribution in [0.3, 0.4) is 0 Å². The lowest BCUT2D eigenvalue weighted by Gasteiger charge is -2.12. The van der Waals surface area contributed by atoms with E-state index < -0.39 is 22.4 Å². The van der Waals surface area contributed by atoms with Crippen LogP contribution in [0.1, 0.15) is 33.4 Å². The van der Waals surface area contributed by atoms with Crippen molar-refractivity contribution in [1.82, 2.24) is 5.32 Å². The maximum absolute atomic E-state index is 12.7. The van der Waals surface area contributed by atoms with E-state index >= 15 is 0 Å². The summed E-state index contributed by atoms with van der Waals surface area (Å²) in [4.78, 5) is 35.6. The first-order valence-corrected chi connectivity index (χ1v) is 9.64. The average molecular weight is 439 g/mol. The molecule has 0 aliphatic heterocycles. The summed E-state index contributed by atoms with van der Waals surface area (Å²) >= 11 is 0. The zero-order chi connectivity index (χ0) is 23.1. The molecule has 0 atom stereocenters. The molecule has 1 aromatic heterocycles. The van der Waals surface area contributed by atoms with Crippen LogP contribution in [-0.2, 0) is 6.54 Å². The first-order chi connectivity index (χ1) is 15.4. The molecule has 0 saturated heterocycles. The van der Waals surface area contributed by atoms with Gasteiger partial charge in [-0.2, -0.15) is 0 Å². The van der Waals surface area contributed by atoms with E-state index in [9.17, 15) is 19.7 Å². The molecule has 0 unspecified atom stereocenters. The van der Waals surface area contributed by atoms with E-state index in [-0.39, 0.29) is 36.0 Å². The van der Waals surface area contributed by atoms with Gasteiger partial charge >= 0.3 is 0 Å². The van der Waals surface area contributed by atoms with Gasteiger partial charge in [0.1, 0.15) is 5.56 Å². The predicted molar refractivity (Wildman–Crippen MR) is 115 cm³/mol. The second-order valence-electron chi connectivity index (χ2n) is 6.52. The van der Waals surface area contributed by atoms with Crippen LogP contribution in [-0.4, -0.2) is 30.5 Å². The quantitative estimate of drug-likeness (QED) is 0.383. The third-order valence-electron chi connectivity index (χ3n) is 4.41. The molecule has 10 heteroatoms. The molecule has 0 radical (unpaired) electrons. The number of methoxy groups -OCH3 is 1. The van der Waals surface area contributed by atoms with Crippen molar-refractivity contribution in [3.8, 4) is 11.5 Å². The Bertz CT molecular complexity index is 1130. The van der Waals surface area contributed by atoms with Gasteiger partial charge in [0.2, 0.25) is 0 Å². The van der Waals surface area contributed by atoms with Crippen LogP contribution in [0.25, 0.3) is 0 Å². The Balaban J connectivity index is 1.74. The van der Waals surface area contributed by atoms with Gasteiger partial charge in [0.25, 0.3) is 17.5 Å². The van der Waals surface area contributed by atoms with Gasteiger partial charge in [0, 0.05) is 18.3 Å². The number of carbonyl (C=O) groups is 2. The van der Waals surface area contributed by atoms with Gasteiger partial charge in [-0.15, -0.1) is 0 Å². The smallest absolute Gasteiger partial charge is 0.291 e. The number of rotatable bonds is 9. The number of benzene rings is 2. The summed E-state index contributed by atoms with van der Waals surface area (Å²) in [5.74, 6) is -0.500. The van der Waals surface area contributed by atoms with E-state index in [0.29, 0.717) is 11.3 Å². The molecule has 0 aliphatic rings. The number of nitrogens with zero attached hydrogens (tertiary/aromatic N) is 1. The molecule has 32 heavy (non-hydrogen) atoms. The lowest BCUT2D eigenvalue weighted by atomic mass is 10.1. The van der Waals surface area contributed by atoms with Gasteiger partial charge in [-0.25, -0.2) is 0 Å². The second-order valence-corrected chi connectivity index (χ2v) is 6.52. The fourth-order valence-electron chi connectivity index (χ4n) is 2.95. The summed E-state index contributed by atoms with van der Waals surface area (Å²) in [6, 6.07) is 12.4. The highest BCUT2D eigenvalue weighted by Gasteiger charge is 2.24. The highest BCUT2D eigenvalue weighted by molar-refractivity contribution is 6.02. The first kappa shape index (κ1) is 22.3. The molecule has 0 saturated carbocycles. The normalized spacial score (nSPS) is 10.3. The van der Waals surface area contributed by atoms with Gasteiger partial charge in [0.15, 0.2) is 17.3 Å². The van der Waals surface area contributed by atoms with Crippen molar-refractivity contribution in [3.05, 3.63) is 81.8 Å². The first-order valence-electron chi connectivity index (χ1n) is 9.64. The van der Waals surface area contributed by atoms with Crippen LogP contribution >= 0.6 is 0 Å². The number of hydrogen-bond donors (Lipinski definition) is 2. The van der Waals surface area contributed by atoms with E-state index in [4.69, 9.17) is 13.9 Å². The molecular weight excluding hydrogens is 418 g/mol. The zero-order valence-electron chi connectivity index (χ0n) is 17.4. The third-order valence-corrected chi connectivity index (χ3v) is 4.41. The predicted octanol–water partition coefficient (Wildman–Crippen LogP) is 3.78. The number of hydrogen-bond acceptors (Lipinski definition) is 7. The minimum atomic E-state index is -0.651. The number of anilines is 1. The van der Waals surface area contributed by atoms with Crippen LogP contribution in [0, 0.1) is 10.1 Å². The lowest BCUT2D eigenvalue weighted by molar-refractivity contribution is -0.385. The Morgan fingerprint density at radius 3 is 2.56 bits per heavy atom. The van der Waals surface area contributed by atoms with Crippen LogP contribution in [0.15, 0.2) is 59.2 Å². The van der Waals surface area contributed by atoms with E-state index in [2.05, 4.69) is 10.6 Å². The number of furan rings is 1. The van der Waals surface area contributed by atoms with Gasteiger partial charge in [-0.1, -0.05) is 12.1 Å². The number of nitrogens with one attached hydrogen (secondary N) is 2. The summed E-state index contributed by atoms with van der Waals surface area (Å²) in [6.07, 6.45) is 1.40. The van der Waals surface area contributed by atoms with Gasteiger partial charge < -0.3 is 24.5 Å². The van der Waals surface area contributed by atoms with Crippen molar-refractivity contribution in [3.63, 3.8) is 0 Å². The van der Waals surface area contributed by atoms with E-state index in [1.807, 2.05) is 0 Å². The number of nitro groups is 1. The summed E-state index contributed by atoms with van der Waals surface area (Å²) in [5.41, 5.74) is 0.631. The molecule has 1 heterocycles. The third kappa shape index (κ3) is 5.22. The minimum Gasteiger partial charge on any atom is -0.493 e. The highest BCUT2D eigenvalue weighted by Crippen LogP contribution is 2.34. The Kier molecular flexibility index (Phi) is 7.06. The number of carbonyl (C=O) groups excluding carboxylic acids is 2. The van der Waals surface area contributed by atoms with Crippen LogP contribution in [0.5, 0.6) is 11.5 Å². The maximum atomic E-state index is 12.7. The fraction of sp³-hybridized carbons (Fsp3) is 0.182. The molecular formula is C22H21N3O7. The van der Waals surface area contributed by atoms with Crippen molar-refractivity contribution in [2.45, 2.75) is 13.5 Å². The van der Waals surface area contributed by atoms with Crippen LogP contribution in [0.2, 0.25) is 0 Å². The summed E-state index contributed by atoms with van der Waals surface area (Å²) in [5, 5.41) is 16.8. The van der Waals surface area contributed by atoms with Crippen molar-refractivity contribution in [2.75, 3.05) is 19.0 Å². The molecule has 3 rings (SSSR count). The monoisotopic (exact) mass is 439 g/mol. The molecule has 2 N–H and O–H groups in total. The highest BCUT2D eigenvalue weighted by atomic mass is 16.6. The van der Waals surface area contributed by atoms with E-state index in [1.54, 1.807) is 37.3 Å². The van der Waals surface area contributed by atoms with Crippen LogP contribution < -0.4 is 20.1 Å². The second kappa shape index (κ2) is 10.1. The standard InChI is InChI=1S/C22H21N3O7/c1-3-31-20-12-17(25(28)29)16(11-19(20)30-2)21(26)23-13-14-6-4-7-15(10-14)24-22(27)18-8-5-9-32-18/h4-12H,3,13H2,1-2H3,(H,23,26)(H,24,27). The Labute approximate surface area is 183 Å². The zero-order valence-corrected chi connectivity index (χ0v) is 17.4. The fourth-order valence-corrected chi connectivity index (χ4v) is 2.95. The molecule has 0 aliphatic carbocycles. The Hall–Kier alpha value is -4.34. The molecule has 0 fully saturated rings. The van der Waals surface area contributed by atoms with E-state index in [1.165, 1.54) is 31.6 Å². The summed E-state index contributed by atoms with van der Waals surface area (Å²) in [6.45, 7) is 2.10. The molecule has 10 nitrogen and oxygen atoms in total. The SMILES string of the molecule is CCOc1cc([N+](=O)[O-])c(C(=O)NCc2cccc(NC(=O)c3ccco3)c2)cc1OC. The van der Waals surface area contributed by atoms with Crippen molar-refractivity contribution in [1.29, 1.82) is 0 Å². The number of amides is 2. The molecule has 2 amide bonds. The largest absolute Gasteiger partial charge is 0.493 e. The minimum absolute atomic E-state index is 0.0793. The average Bonchev–Trinajstić information content (AvgIpc) is 3.33. The van der Waals surface area contributed by atoms with Crippen molar-refractivity contribution >= 4 is 23.2 Å². The number of ether oxygens (including phenoxy) is 2. The van der Waals surface area contributed by atoms with Crippen molar-refractivity contribution < 1.29 is 28.4 Å². The van der Waals surface area contributed by atoms with Gasteiger partial charge in [-0.3, -0.25) is 19.7 Å². The Morgan fingerprint density at radius 1 is 1.09 bits per heavy atom. The molecule has 0 spiro atoms. The molecule has 3 aromatic rings. The van der Waals surface area contributed by atoms with Gasteiger partial charge in [0.05, 0.1) is 31.0 Å². The topological polar surface area (TPSA) is 133 Å². The Morgan fingerprint density at radius 2 is 1.91 bits per heavy atom. The van der Waals surface area contributed by atoms with E-state index in [0.717, 1.165) is 0 Å². The summed E-state index contributed by atoms with van der Waals surface area (Å²) in [7, 11) is 1.38. The van der Waals surface area contributed by atoms with Gasteiger partial charge in [-0.05, 0) is 36.8 Å². The summed E-state index contributed by atoms with van der Waals surface area (Å²) < 4.78 is 15.6. The van der Waals surface area contributed by atoms with Crippen LogP contribution in [0.4, 0.5) is 11.4 Å². The number of nitro benzene ring substituents is 1. The molecule has 0 bridgehead atoms. The maximum Gasteiger partial charge on any atom is 0.291 e. The van der Waals surface area contributed by atoms with Crippen molar-refractivity contribution in [2.24, 2.45) is 0 Å². The molecule has 2 aromatic carbocycles. The lowest BCUT2D eigenvalue weighted by Crippen LogP contribution is -2.24. The molecule has 166 valence electrons.